The van der Waals surface area contributed by atoms with Crippen molar-refractivity contribution in [1.82, 2.24) is 10.2 Å². The molecule has 0 saturated carbocycles. The van der Waals surface area contributed by atoms with E-state index in [2.05, 4.69) is 5.32 Å². The first kappa shape index (κ1) is 26.7. The Bertz CT molecular complexity index is 1090. The molecule has 2 aromatic carbocycles. The second-order valence-corrected chi connectivity index (χ2v) is 10.8. The summed E-state index contributed by atoms with van der Waals surface area (Å²) in [5, 5.41) is 3.07. The fraction of sp³-hybridized carbons (Fsp3) is 0.417. The van der Waals surface area contributed by atoms with E-state index in [0.29, 0.717) is 6.54 Å². The van der Waals surface area contributed by atoms with Crippen molar-refractivity contribution in [2.24, 2.45) is 5.92 Å². The number of sulfonamides is 1. The van der Waals surface area contributed by atoms with Gasteiger partial charge in [0.25, 0.3) is 0 Å². The summed E-state index contributed by atoms with van der Waals surface area (Å²) < 4.78 is 26.1. The lowest BCUT2D eigenvalue weighted by molar-refractivity contribution is -0.139. The molecule has 9 heteroatoms. The Morgan fingerprint density at radius 2 is 1.64 bits per heavy atom. The number of amides is 2. The van der Waals surface area contributed by atoms with E-state index >= 15 is 0 Å². The first-order valence-corrected chi connectivity index (χ1v) is 13.0. The van der Waals surface area contributed by atoms with E-state index in [4.69, 9.17) is 11.6 Å². The highest BCUT2D eigenvalue weighted by Gasteiger charge is 2.30. The van der Waals surface area contributed by atoms with Crippen molar-refractivity contribution in [3.05, 3.63) is 64.7 Å². The average molecular weight is 494 g/mol. The summed E-state index contributed by atoms with van der Waals surface area (Å²) in [6.07, 6.45) is 1.02. The van der Waals surface area contributed by atoms with Crippen molar-refractivity contribution in [2.45, 2.75) is 40.3 Å². The van der Waals surface area contributed by atoms with Gasteiger partial charge in [-0.2, -0.15) is 0 Å². The minimum absolute atomic E-state index is 0.169. The van der Waals surface area contributed by atoms with Gasteiger partial charge in [0.15, 0.2) is 0 Å². The second-order valence-electron chi connectivity index (χ2n) is 8.48. The van der Waals surface area contributed by atoms with Gasteiger partial charge in [0.05, 0.1) is 17.0 Å². The molecule has 0 aliphatic heterocycles. The molecular weight excluding hydrogens is 462 g/mol. The fourth-order valence-electron chi connectivity index (χ4n) is 3.25. The first-order valence-electron chi connectivity index (χ1n) is 10.8. The quantitative estimate of drug-likeness (QED) is 0.547. The summed E-state index contributed by atoms with van der Waals surface area (Å²) in [5.74, 6) is -0.548. The third-order valence-electron chi connectivity index (χ3n) is 5.25. The van der Waals surface area contributed by atoms with Crippen molar-refractivity contribution in [1.29, 1.82) is 0 Å². The van der Waals surface area contributed by atoms with E-state index in [-0.39, 0.29) is 29.1 Å². The highest BCUT2D eigenvalue weighted by molar-refractivity contribution is 7.92. The number of nitrogens with one attached hydrogen (secondary N) is 1. The van der Waals surface area contributed by atoms with Crippen molar-refractivity contribution < 1.29 is 18.0 Å². The van der Waals surface area contributed by atoms with E-state index < -0.39 is 28.5 Å². The number of halogens is 1. The van der Waals surface area contributed by atoms with Gasteiger partial charge in [0.1, 0.15) is 12.6 Å². The summed E-state index contributed by atoms with van der Waals surface area (Å²) in [7, 11) is -3.82. The number of benzene rings is 2. The van der Waals surface area contributed by atoms with Gasteiger partial charge >= 0.3 is 0 Å². The molecule has 0 bridgehead atoms. The molecule has 0 fully saturated rings. The van der Waals surface area contributed by atoms with Crippen LogP contribution in [-0.2, 0) is 26.2 Å². The van der Waals surface area contributed by atoms with Gasteiger partial charge in [-0.3, -0.25) is 13.9 Å². The van der Waals surface area contributed by atoms with Gasteiger partial charge in [-0.15, -0.1) is 0 Å². The van der Waals surface area contributed by atoms with Crippen LogP contribution in [0.1, 0.15) is 31.9 Å². The molecule has 1 N–H and O–H groups in total. The molecule has 2 aromatic rings. The van der Waals surface area contributed by atoms with Crippen LogP contribution >= 0.6 is 11.6 Å². The Labute approximate surface area is 201 Å². The summed E-state index contributed by atoms with van der Waals surface area (Å²) in [6.45, 7) is 7.70. The molecule has 7 nitrogen and oxygen atoms in total. The maximum atomic E-state index is 13.5. The zero-order valence-electron chi connectivity index (χ0n) is 19.7. The van der Waals surface area contributed by atoms with Crippen molar-refractivity contribution in [3.8, 4) is 0 Å². The molecule has 0 spiro atoms. The van der Waals surface area contributed by atoms with Crippen LogP contribution in [0.25, 0.3) is 0 Å². The summed E-state index contributed by atoms with van der Waals surface area (Å²) >= 11 is 6.23. The monoisotopic (exact) mass is 493 g/mol. The lowest BCUT2D eigenvalue weighted by Crippen LogP contribution is -2.51. The number of hydrogen-bond acceptors (Lipinski definition) is 4. The predicted octanol–water partition coefficient (Wildman–Crippen LogP) is 3.60. The zero-order chi connectivity index (χ0) is 24.8. The normalized spacial score (nSPS) is 12.3. The van der Waals surface area contributed by atoms with Gasteiger partial charge in [-0.1, -0.05) is 61.8 Å². The average Bonchev–Trinajstić information content (AvgIpc) is 2.74. The minimum Gasteiger partial charge on any atom is -0.354 e. The molecule has 0 heterocycles. The molecule has 1 atom stereocenters. The third kappa shape index (κ3) is 7.47. The van der Waals surface area contributed by atoms with Crippen LogP contribution in [-0.4, -0.2) is 50.5 Å². The smallest absolute Gasteiger partial charge is 0.244 e. The van der Waals surface area contributed by atoms with Crippen LogP contribution in [0.2, 0.25) is 5.02 Å². The number of hydrogen-bond donors (Lipinski definition) is 1. The number of nitrogens with zero attached hydrogens (tertiary/aromatic N) is 2. The Balaban J connectivity index is 2.39. The lowest BCUT2D eigenvalue weighted by Gasteiger charge is -2.32. The number of carbonyl (C=O) groups is 2. The molecule has 0 aliphatic carbocycles. The molecule has 180 valence electrons. The van der Waals surface area contributed by atoms with Gasteiger partial charge in [-0.25, -0.2) is 8.42 Å². The number of para-hydroxylation sites is 1. The highest BCUT2D eigenvalue weighted by atomic mass is 35.5. The second kappa shape index (κ2) is 11.5. The fourth-order valence-corrected chi connectivity index (χ4v) is 4.40. The Morgan fingerprint density at radius 3 is 2.21 bits per heavy atom. The molecule has 0 saturated heterocycles. The van der Waals surface area contributed by atoms with Gasteiger partial charge < -0.3 is 10.2 Å². The predicted molar refractivity (Wildman–Crippen MR) is 133 cm³/mol. The van der Waals surface area contributed by atoms with Crippen LogP contribution in [0, 0.1) is 12.8 Å². The standard InChI is InChI=1S/C24H32ClN3O4S/c1-17(2)14-26-24(30)19(4)27(15-20-11-7-6-10-18(20)3)23(29)16-28(33(5,31)32)22-13-9-8-12-21(22)25/h6-13,17,19H,14-16H2,1-5H3,(H,26,30). The van der Waals surface area contributed by atoms with Crippen LogP contribution in [0.5, 0.6) is 0 Å². The maximum absolute atomic E-state index is 13.5. The SMILES string of the molecule is Cc1ccccc1CN(C(=O)CN(c1ccccc1Cl)S(C)(=O)=O)C(C)C(=O)NCC(C)C. The molecule has 33 heavy (non-hydrogen) atoms. The lowest BCUT2D eigenvalue weighted by atomic mass is 10.1. The summed E-state index contributed by atoms with van der Waals surface area (Å²) in [5.41, 5.74) is 2.05. The summed E-state index contributed by atoms with van der Waals surface area (Å²) in [6, 6.07) is 13.2. The van der Waals surface area contributed by atoms with E-state index in [0.717, 1.165) is 21.7 Å². The molecule has 2 amide bonds. The van der Waals surface area contributed by atoms with Gasteiger partial charge in [-0.05, 0) is 43.0 Å². The third-order valence-corrected chi connectivity index (χ3v) is 6.70. The number of aryl methyl sites for hydroxylation is 1. The Kier molecular flexibility index (Phi) is 9.31. The molecule has 0 radical (unpaired) electrons. The van der Waals surface area contributed by atoms with E-state index in [1.807, 2.05) is 45.0 Å². The maximum Gasteiger partial charge on any atom is 0.244 e. The van der Waals surface area contributed by atoms with Crippen LogP contribution in [0.3, 0.4) is 0 Å². The summed E-state index contributed by atoms with van der Waals surface area (Å²) in [4.78, 5) is 27.7. The number of carbonyl (C=O) groups excluding carboxylic acids is 2. The highest BCUT2D eigenvalue weighted by Crippen LogP contribution is 2.27. The Hall–Kier alpha value is -2.58. The van der Waals surface area contributed by atoms with Crippen LogP contribution < -0.4 is 9.62 Å². The molecular formula is C24H32ClN3O4S. The molecule has 2 rings (SSSR count). The van der Waals surface area contributed by atoms with E-state index in [1.54, 1.807) is 31.2 Å². The topological polar surface area (TPSA) is 86.8 Å². The Morgan fingerprint density at radius 1 is 1.03 bits per heavy atom. The number of anilines is 1. The van der Waals surface area contributed by atoms with Gasteiger partial charge in [0, 0.05) is 13.1 Å². The van der Waals surface area contributed by atoms with Crippen LogP contribution in [0.4, 0.5) is 5.69 Å². The zero-order valence-corrected chi connectivity index (χ0v) is 21.3. The van der Waals surface area contributed by atoms with Crippen LogP contribution in [0.15, 0.2) is 48.5 Å². The molecule has 0 aliphatic rings. The molecule has 0 aromatic heterocycles. The van der Waals surface area contributed by atoms with Crippen molar-refractivity contribution >= 4 is 39.1 Å². The molecule has 1 unspecified atom stereocenters. The van der Waals surface area contributed by atoms with Crippen molar-refractivity contribution in [2.75, 3.05) is 23.7 Å². The van der Waals surface area contributed by atoms with Crippen molar-refractivity contribution in [3.63, 3.8) is 0 Å². The largest absolute Gasteiger partial charge is 0.354 e. The van der Waals surface area contributed by atoms with E-state index in [1.165, 1.54) is 4.90 Å². The number of rotatable bonds is 10. The minimum atomic E-state index is -3.82. The van der Waals surface area contributed by atoms with E-state index in [9.17, 15) is 18.0 Å². The van der Waals surface area contributed by atoms with Gasteiger partial charge in [0.2, 0.25) is 21.8 Å². The first-order chi connectivity index (χ1) is 15.4.